The fourth-order valence-electron chi connectivity index (χ4n) is 1.25. The smallest absolute Gasteiger partial charge is 0.354 e. The van der Waals surface area contributed by atoms with Crippen molar-refractivity contribution < 1.29 is 18.0 Å². The summed E-state index contributed by atoms with van der Waals surface area (Å²) in [5.74, 6) is -0.644. The maximum Gasteiger partial charge on any atom is 0.416 e. The SMILES string of the molecule is CNC(=O)/C(C#N)=C\c1cccc(C(F)(F)F)c1. The Hall–Kier alpha value is -2.29. The lowest BCUT2D eigenvalue weighted by atomic mass is 10.1. The number of carbonyl (C=O) groups excluding carboxylic acids is 1. The highest BCUT2D eigenvalue weighted by molar-refractivity contribution is 6.01. The molecule has 0 saturated carbocycles. The number of nitriles is 1. The van der Waals surface area contributed by atoms with Crippen LogP contribution in [0.3, 0.4) is 0 Å². The predicted octanol–water partition coefficient (Wildman–Crippen LogP) is 2.36. The molecule has 94 valence electrons. The van der Waals surface area contributed by atoms with Gasteiger partial charge in [0, 0.05) is 7.05 Å². The number of carbonyl (C=O) groups is 1. The maximum atomic E-state index is 12.4. The molecule has 0 atom stereocenters. The van der Waals surface area contributed by atoms with E-state index >= 15 is 0 Å². The van der Waals surface area contributed by atoms with Crippen molar-refractivity contribution >= 4 is 12.0 Å². The number of nitrogens with one attached hydrogen (secondary N) is 1. The summed E-state index contributed by atoms with van der Waals surface area (Å²) < 4.78 is 37.3. The van der Waals surface area contributed by atoms with Crippen LogP contribution in [0.2, 0.25) is 0 Å². The van der Waals surface area contributed by atoms with E-state index in [1.807, 2.05) is 0 Å². The maximum absolute atomic E-state index is 12.4. The van der Waals surface area contributed by atoms with Crippen LogP contribution in [0.15, 0.2) is 29.8 Å². The molecule has 0 aliphatic carbocycles. The molecule has 18 heavy (non-hydrogen) atoms. The third-order valence-electron chi connectivity index (χ3n) is 2.12. The van der Waals surface area contributed by atoms with Crippen molar-refractivity contribution in [1.82, 2.24) is 5.32 Å². The van der Waals surface area contributed by atoms with Gasteiger partial charge in [0.1, 0.15) is 11.6 Å². The second-order valence-electron chi connectivity index (χ2n) is 3.37. The van der Waals surface area contributed by atoms with Gasteiger partial charge >= 0.3 is 6.18 Å². The van der Waals surface area contributed by atoms with Gasteiger partial charge in [-0.1, -0.05) is 12.1 Å². The normalized spacial score (nSPS) is 11.8. The van der Waals surface area contributed by atoms with Crippen LogP contribution in [0.4, 0.5) is 13.2 Å². The molecule has 6 heteroatoms. The molecule has 0 aliphatic heterocycles. The number of alkyl halides is 3. The molecule has 1 aromatic carbocycles. The minimum absolute atomic E-state index is 0.143. The van der Waals surface area contributed by atoms with Gasteiger partial charge in [-0.2, -0.15) is 18.4 Å². The minimum atomic E-state index is -4.45. The molecule has 1 N–H and O–H groups in total. The van der Waals surface area contributed by atoms with E-state index in [1.54, 1.807) is 6.07 Å². The van der Waals surface area contributed by atoms with Crippen LogP contribution in [-0.4, -0.2) is 13.0 Å². The monoisotopic (exact) mass is 254 g/mol. The number of hydrogen-bond acceptors (Lipinski definition) is 2. The number of halogens is 3. The van der Waals surface area contributed by atoms with Gasteiger partial charge < -0.3 is 5.32 Å². The summed E-state index contributed by atoms with van der Waals surface area (Å²) in [7, 11) is 1.33. The first-order chi connectivity index (χ1) is 8.38. The Morgan fingerprint density at radius 2 is 2.11 bits per heavy atom. The van der Waals surface area contributed by atoms with Crippen molar-refractivity contribution in [1.29, 1.82) is 5.26 Å². The van der Waals surface area contributed by atoms with Crippen molar-refractivity contribution in [3.05, 3.63) is 41.0 Å². The fraction of sp³-hybridized carbons (Fsp3) is 0.167. The fourth-order valence-corrected chi connectivity index (χ4v) is 1.25. The molecular weight excluding hydrogens is 245 g/mol. The topological polar surface area (TPSA) is 52.9 Å². The van der Waals surface area contributed by atoms with Crippen molar-refractivity contribution in [2.75, 3.05) is 7.05 Å². The van der Waals surface area contributed by atoms with E-state index in [0.29, 0.717) is 0 Å². The van der Waals surface area contributed by atoms with Crippen LogP contribution < -0.4 is 5.32 Å². The van der Waals surface area contributed by atoms with Crippen LogP contribution in [0.1, 0.15) is 11.1 Å². The number of likely N-dealkylation sites (N-methyl/N-ethyl adjacent to an activating group) is 1. The van der Waals surface area contributed by atoms with E-state index in [1.165, 1.54) is 19.2 Å². The summed E-state index contributed by atoms with van der Waals surface area (Å²) >= 11 is 0. The summed E-state index contributed by atoms with van der Waals surface area (Å²) in [6, 6.07) is 6.02. The molecule has 0 aromatic heterocycles. The Kier molecular flexibility index (Phi) is 4.10. The highest BCUT2D eigenvalue weighted by Gasteiger charge is 2.30. The molecule has 0 spiro atoms. The van der Waals surface area contributed by atoms with Gasteiger partial charge in [-0.3, -0.25) is 4.79 Å². The predicted molar refractivity (Wildman–Crippen MR) is 59.1 cm³/mol. The molecule has 0 heterocycles. The molecule has 0 fully saturated rings. The molecule has 0 bridgehead atoms. The zero-order valence-electron chi connectivity index (χ0n) is 9.38. The second kappa shape index (κ2) is 5.36. The Labute approximate surface area is 102 Å². The zero-order chi connectivity index (χ0) is 13.8. The van der Waals surface area contributed by atoms with Gasteiger partial charge in [0.15, 0.2) is 0 Å². The number of amides is 1. The third-order valence-corrected chi connectivity index (χ3v) is 2.12. The van der Waals surface area contributed by atoms with Crippen LogP contribution in [-0.2, 0) is 11.0 Å². The lowest BCUT2D eigenvalue weighted by molar-refractivity contribution is -0.137. The van der Waals surface area contributed by atoms with Crippen molar-refractivity contribution in [2.24, 2.45) is 0 Å². The molecule has 0 saturated heterocycles. The Bertz CT molecular complexity index is 527. The van der Waals surface area contributed by atoms with E-state index in [0.717, 1.165) is 18.2 Å². The lowest BCUT2D eigenvalue weighted by Gasteiger charge is -2.06. The summed E-state index contributed by atoms with van der Waals surface area (Å²) in [5.41, 5.74) is -0.938. The Balaban J connectivity index is 3.16. The van der Waals surface area contributed by atoms with E-state index in [9.17, 15) is 18.0 Å². The van der Waals surface area contributed by atoms with Crippen molar-refractivity contribution in [3.8, 4) is 6.07 Å². The molecule has 0 aliphatic rings. The van der Waals surface area contributed by atoms with Gasteiger partial charge in [0.25, 0.3) is 5.91 Å². The zero-order valence-corrected chi connectivity index (χ0v) is 9.38. The van der Waals surface area contributed by atoms with Gasteiger partial charge in [0.05, 0.1) is 5.56 Å². The van der Waals surface area contributed by atoms with Gasteiger partial charge in [0.2, 0.25) is 0 Å². The van der Waals surface area contributed by atoms with Crippen LogP contribution in [0, 0.1) is 11.3 Å². The summed E-state index contributed by atoms with van der Waals surface area (Å²) in [6.07, 6.45) is -3.35. The van der Waals surface area contributed by atoms with Crippen molar-refractivity contribution in [2.45, 2.75) is 6.18 Å². The van der Waals surface area contributed by atoms with E-state index in [2.05, 4.69) is 5.32 Å². The largest absolute Gasteiger partial charge is 0.416 e. The lowest BCUT2D eigenvalue weighted by Crippen LogP contribution is -2.19. The Morgan fingerprint density at radius 3 is 2.61 bits per heavy atom. The summed E-state index contributed by atoms with van der Waals surface area (Å²) in [6.45, 7) is 0. The van der Waals surface area contributed by atoms with E-state index < -0.39 is 17.6 Å². The van der Waals surface area contributed by atoms with Crippen LogP contribution >= 0.6 is 0 Å². The minimum Gasteiger partial charge on any atom is -0.354 e. The highest BCUT2D eigenvalue weighted by Crippen LogP contribution is 2.29. The number of rotatable bonds is 2. The first-order valence-corrected chi connectivity index (χ1v) is 4.89. The van der Waals surface area contributed by atoms with Crippen LogP contribution in [0.25, 0.3) is 6.08 Å². The van der Waals surface area contributed by atoms with Crippen molar-refractivity contribution in [3.63, 3.8) is 0 Å². The van der Waals surface area contributed by atoms with Crippen LogP contribution in [0.5, 0.6) is 0 Å². The number of hydrogen-bond donors (Lipinski definition) is 1. The first-order valence-electron chi connectivity index (χ1n) is 4.89. The third kappa shape index (κ3) is 3.35. The van der Waals surface area contributed by atoms with Gasteiger partial charge in [-0.15, -0.1) is 0 Å². The van der Waals surface area contributed by atoms with Gasteiger partial charge in [-0.05, 0) is 23.8 Å². The molecule has 1 rings (SSSR count). The number of nitrogens with zero attached hydrogens (tertiary/aromatic N) is 1. The highest BCUT2D eigenvalue weighted by atomic mass is 19.4. The summed E-state index contributed by atoms with van der Waals surface area (Å²) in [5, 5.41) is 10.9. The molecule has 0 radical (unpaired) electrons. The average molecular weight is 254 g/mol. The number of benzene rings is 1. The molecule has 3 nitrogen and oxygen atoms in total. The Morgan fingerprint density at radius 1 is 1.44 bits per heavy atom. The molecule has 1 aromatic rings. The quantitative estimate of drug-likeness (QED) is 0.650. The second-order valence-corrected chi connectivity index (χ2v) is 3.37. The molecular formula is C12H9F3N2O. The average Bonchev–Trinajstić information content (AvgIpc) is 2.34. The first kappa shape index (κ1) is 13.8. The molecule has 1 amide bonds. The summed E-state index contributed by atoms with van der Waals surface area (Å²) in [4.78, 5) is 11.2. The molecule has 0 unspecified atom stereocenters. The van der Waals surface area contributed by atoms with E-state index in [4.69, 9.17) is 5.26 Å². The van der Waals surface area contributed by atoms with Gasteiger partial charge in [-0.25, -0.2) is 0 Å². The standard InChI is InChI=1S/C12H9F3N2O/c1-17-11(18)9(7-16)5-8-3-2-4-10(6-8)12(13,14)15/h2-6H,1H3,(H,17,18)/b9-5-. The van der Waals surface area contributed by atoms with E-state index in [-0.39, 0.29) is 11.1 Å².